The van der Waals surface area contributed by atoms with E-state index in [0.29, 0.717) is 12.3 Å². The molecule has 2 rings (SSSR count). The molecule has 100 valence electrons. The average molecular weight is 267 g/mol. The molecule has 0 atom stereocenters. The van der Waals surface area contributed by atoms with Gasteiger partial charge in [0.2, 0.25) is 0 Å². The van der Waals surface area contributed by atoms with Crippen molar-refractivity contribution in [2.75, 3.05) is 20.1 Å². The molecule has 1 saturated carbocycles. The first-order valence-electron chi connectivity index (χ1n) is 6.58. The van der Waals surface area contributed by atoms with Gasteiger partial charge in [-0.15, -0.1) is 11.3 Å². The van der Waals surface area contributed by atoms with Gasteiger partial charge < -0.3 is 10.0 Å². The number of rotatable bonds is 7. The number of nitrogens with zero attached hydrogens (tertiary/aromatic N) is 1. The van der Waals surface area contributed by atoms with Gasteiger partial charge in [0.05, 0.1) is 11.0 Å². The van der Waals surface area contributed by atoms with Crippen molar-refractivity contribution >= 4 is 17.1 Å². The largest absolute Gasteiger partial charge is 0.393 e. The summed E-state index contributed by atoms with van der Waals surface area (Å²) < 4.78 is 0. The van der Waals surface area contributed by atoms with E-state index in [1.54, 1.807) is 0 Å². The lowest BCUT2D eigenvalue weighted by Crippen LogP contribution is -2.37. The van der Waals surface area contributed by atoms with Crippen LogP contribution in [0.25, 0.3) is 0 Å². The van der Waals surface area contributed by atoms with Crippen LogP contribution in [-0.2, 0) is 0 Å². The molecule has 3 nitrogen and oxygen atoms in total. The Morgan fingerprint density at radius 2 is 2.33 bits per heavy atom. The van der Waals surface area contributed by atoms with Crippen LogP contribution in [0.5, 0.6) is 0 Å². The maximum absolute atomic E-state index is 11.8. The number of hydrogen-bond acceptors (Lipinski definition) is 4. The molecule has 0 saturated heterocycles. The Balaban J connectivity index is 1.59. The van der Waals surface area contributed by atoms with E-state index in [0.717, 1.165) is 37.2 Å². The fraction of sp³-hybridized carbons (Fsp3) is 0.643. The van der Waals surface area contributed by atoms with Gasteiger partial charge in [0, 0.05) is 13.0 Å². The second-order valence-corrected chi connectivity index (χ2v) is 6.21. The number of carbonyl (C=O) groups excluding carboxylic acids is 1. The highest BCUT2D eigenvalue weighted by Gasteiger charge is 2.27. The van der Waals surface area contributed by atoms with Crippen LogP contribution >= 0.6 is 11.3 Å². The minimum atomic E-state index is -0.0659. The standard InChI is InChI=1S/C14H21NO2S/c1-15(10-11-8-12(16)9-11)6-2-4-13(17)14-5-3-7-18-14/h3,5,7,11-12,16H,2,4,6,8-10H2,1H3. The molecule has 0 radical (unpaired) electrons. The Bertz CT molecular complexity index is 371. The highest BCUT2D eigenvalue weighted by Crippen LogP contribution is 2.27. The Kier molecular flexibility index (Phi) is 4.92. The van der Waals surface area contributed by atoms with Gasteiger partial charge in [-0.2, -0.15) is 0 Å². The molecule has 1 fully saturated rings. The van der Waals surface area contributed by atoms with E-state index in [9.17, 15) is 9.90 Å². The molecule has 0 amide bonds. The summed E-state index contributed by atoms with van der Waals surface area (Å²) in [6, 6.07) is 3.82. The second kappa shape index (κ2) is 6.45. The zero-order valence-corrected chi connectivity index (χ0v) is 11.7. The second-order valence-electron chi connectivity index (χ2n) is 5.26. The lowest BCUT2D eigenvalue weighted by molar-refractivity contribution is 0.0282. The minimum Gasteiger partial charge on any atom is -0.393 e. The Morgan fingerprint density at radius 1 is 1.56 bits per heavy atom. The number of aliphatic hydroxyl groups excluding tert-OH is 1. The van der Waals surface area contributed by atoms with E-state index in [2.05, 4.69) is 11.9 Å². The molecule has 1 heterocycles. The topological polar surface area (TPSA) is 40.5 Å². The van der Waals surface area contributed by atoms with Crippen LogP contribution in [0.2, 0.25) is 0 Å². The van der Waals surface area contributed by atoms with Gasteiger partial charge >= 0.3 is 0 Å². The van der Waals surface area contributed by atoms with Crippen LogP contribution in [0, 0.1) is 5.92 Å². The molecule has 1 aliphatic rings. The van der Waals surface area contributed by atoms with E-state index >= 15 is 0 Å². The number of Topliss-reactive ketones (excluding diaryl/α,β-unsaturated/α-hetero) is 1. The van der Waals surface area contributed by atoms with Gasteiger partial charge in [-0.3, -0.25) is 4.79 Å². The van der Waals surface area contributed by atoms with Crippen LogP contribution in [-0.4, -0.2) is 42.0 Å². The van der Waals surface area contributed by atoms with Crippen molar-refractivity contribution in [3.8, 4) is 0 Å². The predicted octanol–water partition coefficient (Wildman–Crippen LogP) is 2.41. The van der Waals surface area contributed by atoms with E-state index in [1.165, 1.54) is 11.3 Å². The first-order chi connectivity index (χ1) is 8.65. The summed E-state index contributed by atoms with van der Waals surface area (Å²) in [7, 11) is 2.10. The van der Waals surface area contributed by atoms with Crippen LogP contribution in [0.1, 0.15) is 35.4 Å². The van der Waals surface area contributed by atoms with Crippen molar-refractivity contribution in [2.24, 2.45) is 5.92 Å². The number of ketones is 1. The first-order valence-corrected chi connectivity index (χ1v) is 7.46. The van der Waals surface area contributed by atoms with Crippen LogP contribution in [0.15, 0.2) is 17.5 Å². The van der Waals surface area contributed by atoms with Gasteiger partial charge in [0.25, 0.3) is 0 Å². The van der Waals surface area contributed by atoms with E-state index in [4.69, 9.17) is 0 Å². The molecular formula is C14H21NO2S. The molecule has 4 heteroatoms. The van der Waals surface area contributed by atoms with Crippen molar-refractivity contribution in [1.82, 2.24) is 4.90 Å². The first kappa shape index (κ1) is 13.7. The lowest BCUT2D eigenvalue weighted by Gasteiger charge is -2.34. The summed E-state index contributed by atoms with van der Waals surface area (Å²) in [6.45, 7) is 2.01. The van der Waals surface area contributed by atoms with Crippen molar-refractivity contribution < 1.29 is 9.90 Å². The summed E-state index contributed by atoms with van der Waals surface area (Å²) in [5, 5.41) is 11.2. The highest BCUT2D eigenvalue weighted by atomic mass is 32.1. The average Bonchev–Trinajstić information content (AvgIpc) is 2.80. The Labute approximate surface area is 112 Å². The summed E-state index contributed by atoms with van der Waals surface area (Å²) >= 11 is 1.52. The van der Waals surface area contributed by atoms with E-state index in [-0.39, 0.29) is 11.9 Å². The maximum Gasteiger partial charge on any atom is 0.172 e. The number of hydrogen-bond donors (Lipinski definition) is 1. The molecule has 1 aliphatic carbocycles. The third-order valence-electron chi connectivity index (χ3n) is 3.52. The molecule has 18 heavy (non-hydrogen) atoms. The fourth-order valence-electron chi connectivity index (χ4n) is 2.45. The monoisotopic (exact) mass is 267 g/mol. The van der Waals surface area contributed by atoms with Gasteiger partial charge in [-0.1, -0.05) is 6.07 Å². The van der Waals surface area contributed by atoms with Crippen LogP contribution in [0.4, 0.5) is 0 Å². The van der Waals surface area contributed by atoms with Gasteiger partial charge in [0.15, 0.2) is 5.78 Å². The molecule has 1 N–H and O–H groups in total. The number of thiophene rings is 1. The molecule has 1 aromatic rings. The van der Waals surface area contributed by atoms with Crippen molar-refractivity contribution in [3.63, 3.8) is 0 Å². The minimum absolute atomic E-state index is 0.0659. The Hall–Kier alpha value is -0.710. The lowest BCUT2D eigenvalue weighted by atomic mass is 9.82. The van der Waals surface area contributed by atoms with Crippen molar-refractivity contribution in [1.29, 1.82) is 0 Å². The summed E-state index contributed by atoms with van der Waals surface area (Å²) in [4.78, 5) is 14.9. The summed E-state index contributed by atoms with van der Waals surface area (Å²) in [5.74, 6) is 0.912. The maximum atomic E-state index is 11.8. The van der Waals surface area contributed by atoms with Gasteiger partial charge in [-0.05, 0) is 50.2 Å². The smallest absolute Gasteiger partial charge is 0.172 e. The fourth-order valence-corrected chi connectivity index (χ4v) is 3.15. The molecule has 1 aromatic heterocycles. The quantitative estimate of drug-likeness (QED) is 0.771. The molecule has 0 aliphatic heterocycles. The SMILES string of the molecule is CN(CCCC(=O)c1cccs1)CC1CC(O)C1. The van der Waals surface area contributed by atoms with Crippen molar-refractivity contribution in [3.05, 3.63) is 22.4 Å². The van der Waals surface area contributed by atoms with E-state index < -0.39 is 0 Å². The number of aliphatic hydroxyl groups is 1. The van der Waals surface area contributed by atoms with Crippen LogP contribution in [0.3, 0.4) is 0 Å². The van der Waals surface area contributed by atoms with Gasteiger partial charge in [0.1, 0.15) is 0 Å². The Morgan fingerprint density at radius 3 is 2.94 bits per heavy atom. The molecule has 0 aromatic carbocycles. The van der Waals surface area contributed by atoms with Gasteiger partial charge in [-0.25, -0.2) is 0 Å². The molecule has 0 spiro atoms. The van der Waals surface area contributed by atoms with E-state index in [1.807, 2.05) is 17.5 Å². The van der Waals surface area contributed by atoms with Crippen LogP contribution < -0.4 is 0 Å². The highest BCUT2D eigenvalue weighted by molar-refractivity contribution is 7.12. The molecule has 0 bridgehead atoms. The normalized spacial score (nSPS) is 23.1. The number of carbonyl (C=O) groups is 1. The summed E-state index contributed by atoms with van der Waals surface area (Å²) in [6.07, 6.45) is 3.38. The van der Waals surface area contributed by atoms with Crippen molar-refractivity contribution in [2.45, 2.75) is 31.8 Å². The zero-order valence-electron chi connectivity index (χ0n) is 10.8. The summed E-state index contributed by atoms with van der Waals surface area (Å²) in [5.41, 5.74) is 0. The molecule has 0 unspecified atom stereocenters. The predicted molar refractivity (Wildman–Crippen MR) is 74.1 cm³/mol. The molecular weight excluding hydrogens is 246 g/mol. The third kappa shape index (κ3) is 3.90. The third-order valence-corrected chi connectivity index (χ3v) is 4.43. The zero-order chi connectivity index (χ0) is 13.0.